The van der Waals surface area contributed by atoms with Crippen LogP contribution in [0.4, 0.5) is 5.69 Å². The summed E-state index contributed by atoms with van der Waals surface area (Å²) in [5.41, 5.74) is 1.60. The second-order valence-electron chi connectivity index (χ2n) is 4.71. The Morgan fingerprint density at radius 3 is 2.84 bits per heavy atom. The van der Waals surface area contributed by atoms with Crippen LogP contribution in [0, 0.1) is 6.92 Å². The Morgan fingerprint density at radius 1 is 1.53 bits per heavy atom. The van der Waals surface area contributed by atoms with Gasteiger partial charge < -0.3 is 15.3 Å². The molecule has 1 saturated heterocycles. The number of amides is 2. The summed E-state index contributed by atoms with van der Waals surface area (Å²) in [6.45, 7) is 4.26. The van der Waals surface area contributed by atoms with E-state index in [1.165, 1.54) is 0 Å². The van der Waals surface area contributed by atoms with Crippen LogP contribution in [0.1, 0.15) is 25.3 Å². The number of rotatable bonds is 3. The molecular formula is C14H18N2O3. The van der Waals surface area contributed by atoms with Gasteiger partial charge in [-0.1, -0.05) is 6.07 Å². The fraction of sp³-hybridized carbons (Fsp3) is 0.429. The number of phenolic OH excluding ortho intramolecular Hbond substituents is 1. The molecule has 1 fully saturated rings. The largest absolute Gasteiger partial charge is 0.508 e. The quantitative estimate of drug-likeness (QED) is 0.863. The Balaban J connectivity index is 2.26. The van der Waals surface area contributed by atoms with Gasteiger partial charge >= 0.3 is 0 Å². The zero-order valence-corrected chi connectivity index (χ0v) is 11.1. The van der Waals surface area contributed by atoms with Gasteiger partial charge in [0.05, 0.1) is 5.69 Å². The first-order valence-corrected chi connectivity index (χ1v) is 6.43. The molecule has 102 valence electrons. The lowest BCUT2D eigenvalue weighted by molar-refractivity contribution is -0.124. The monoisotopic (exact) mass is 262 g/mol. The smallest absolute Gasteiger partial charge is 0.249 e. The standard InChI is InChI=1S/C14H18N2O3/c1-3-16(12-8-10(17)5-4-9(12)2)14(19)11-6-7-13(18)15-11/h4-5,8,11,17H,3,6-7H2,1-2H3,(H,15,18)/t11-/m1/s1. The minimum atomic E-state index is -0.450. The van der Waals surface area contributed by atoms with Crippen molar-refractivity contribution in [3.63, 3.8) is 0 Å². The number of benzene rings is 1. The molecule has 0 spiro atoms. The van der Waals surface area contributed by atoms with Crippen molar-refractivity contribution in [1.29, 1.82) is 0 Å². The van der Waals surface area contributed by atoms with E-state index in [0.29, 0.717) is 25.1 Å². The first kappa shape index (κ1) is 13.4. The maximum Gasteiger partial charge on any atom is 0.249 e. The van der Waals surface area contributed by atoms with Crippen LogP contribution in [0.2, 0.25) is 0 Å². The second kappa shape index (κ2) is 5.30. The number of nitrogens with zero attached hydrogens (tertiary/aromatic N) is 1. The summed E-state index contributed by atoms with van der Waals surface area (Å²) in [5.74, 6) is -0.0774. The van der Waals surface area contributed by atoms with Gasteiger partial charge in [0.25, 0.3) is 0 Å². The fourth-order valence-corrected chi connectivity index (χ4v) is 2.32. The third-order valence-corrected chi connectivity index (χ3v) is 3.36. The minimum Gasteiger partial charge on any atom is -0.508 e. The van der Waals surface area contributed by atoms with Gasteiger partial charge in [-0.3, -0.25) is 9.59 Å². The molecule has 1 atom stereocenters. The molecule has 2 amide bonds. The molecule has 2 N–H and O–H groups in total. The summed E-state index contributed by atoms with van der Waals surface area (Å²) in [4.78, 5) is 25.2. The summed E-state index contributed by atoms with van der Waals surface area (Å²) in [7, 11) is 0. The first-order chi connectivity index (χ1) is 9.02. The Hall–Kier alpha value is -2.04. The molecular weight excluding hydrogens is 244 g/mol. The topological polar surface area (TPSA) is 69.6 Å². The number of phenols is 1. The Labute approximate surface area is 112 Å². The molecule has 0 saturated carbocycles. The minimum absolute atomic E-state index is 0.0815. The summed E-state index contributed by atoms with van der Waals surface area (Å²) >= 11 is 0. The van der Waals surface area contributed by atoms with E-state index in [1.54, 1.807) is 23.1 Å². The highest BCUT2D eigenvalue weighted by atomic mass is 16.3. The summed E-state index contributed by atoms with van der Waals surface area (Å²) in [6.07, 6.45) is 0.930. The van der Waals surface area contributed by atoms with Crippen LogP contribution in [0.5, 0.6) is 5.75 Å². The number of carbonyl (C=O) groups is 2. The SMILES string of the molecule is CCN(C(=O)[C@H]1CCC(=O)N1)c1cc(O)ccc1C. The van der Waals surface area contributed by atoms with Gasteiger partial charge in [-0.2, -0.15) is 0 Å². The molecule has 0 radical (unpaired) electrons. The third-order valence-electron chi connectivity index (χ3n) is 3.36. The van der Waals surface area contributed by atoms with Crippen molar-refractivity contribution in [3.8, 4) is 5.75 Å². The van der Waals surface area contributed by atoms with E-state index >= 15 is 0 Å². The van der Waals surface area contributed by atoms with E-state index < -0.39 is 6.04 Å². The number of hydrogen-bond donors (Lipinski definition) is 2. The van der Waals surface area contributed by atoms with Crippen LogP contribution in [-0.4, -0.2) is 29.5 Å². The van der Waals surface area contributed by atoms with Crippen LogP contribution in [-0.2, 0) is 9.59 Å². The third kappa shape index (κ3) is 2.70. The lowest BCUT2D eigenvalue weighted by atomic mass is 10.1. The van der Waals surface area contributed by atoms with Gasteiger partial charge in [0.1, 0.15) is 11.8 Å². The van der Waals surface area contributed by atoms with Gasteiger partial charge in [-0.15, -0.1) is 0 Å². The van der Waals surface area contributed by atoms with E-state index in [2.05, 4.69) is 5.32 Å². The van der Waals surface area contributed by atoms with Crippen molar-refractivity contribution in [2.75, 3.05) is 11.4 Å². The van der Waals surface area contributed by atoms with E-state index in [9.17, 15) is 14.7 Å². The predicted molar refractivity (Wildman–Crippen MR) is 72.0 cm³/mol. The van der Waals surface area contributed by atoms with E-state index in [1.807, 2.05) is 13.8 Å². The van der Waals surface area contributed by atoms with Gasteiger partial charge in [-0.25, -0.2) is 0 Å². The molecule has 1 aromatic carbocycles. The van der Waals surface area contributed by atoms with Crippen LogP contribution < -0.4 is 10.2 Å². The Kier molecular flexibility index (Phi) is 3.74. The second-order valence-corrected chi connectivity index (χ2v) is 4.71. The molecule has 1 aromatic rings. The molecule has 1 aliphatic rings. The molecule has 0 unspecified atom stereocenters. The average Bonchev–Trinajstić information content (AvgIpc) is 2.81. The van der Waals surface area contributed by atoms with Crippen molar-refractivity contribution in [2.24, 2.45) is 0 Å². The van der Waals surface area contributed by atoms with Crippen molar-refractivity contribution in [3.05, 3.63) is 23.8 Å². The number of anilines is 1. The van der Waals surface area contributed by atoms with E-state index in [4.69, 9.17) is 0 Å². The molecule has 0 aromatic heterocycles. The molecule has 1 heterocycles. The highest BCUT2D eigenvalue weighted by molar-refractivity contribution is 6.01. The fourth-order valence-electron chi connectivity index (χ4n) is 2.32. The number of likely N-dealkylation sites (N-methyl/N-ethyl adjacent to an activating group) is 1. The lowest BCUT2D eigenvalue weighted by Crippen LogP contribution is -2.44. The molecule has 5 nitrogen and oxygen atoms in total. The molecule has 2 rings (SSSR count). The normalized spacial score (nSPS) is 18.2. The first-order valence-electron chi connectivity index (χ1n) is 6.43. The highest BCUT2D eigenvalue weighted by Crippen LogP contribution is 2.26. The lowest BCUT2D eigenvalue weighted by Gasteiger charge is -2.25. The summed E-state index contributed by atoms with van der Waals surface area (Å²) < 4.78 is 0. The maximum absolute atomic E-state index is 12.4. The van der Waals surface area contributed by atoms with Gasteiger partial charge in [0.15, 0.2) is 0 Å². The van der Waals surface area contributed by atoms with E-state index in [0.717, 1.165) is 5.56 Å². The summed E-state index contributed by atoms with van der Waals surface area (Å²) in [5, 5.41) is 12.2. The maximum atomic E-state index is 12.4. The Morgan fingerprint density at radius 2 is 2.26 bits per heavy atom. The average molecular weight is 262 g/mol. The van der Waals surface area contributed by atoms with Gasteiger partial charge in [0, 0.05) is 19.0 Å². The van der Waals surface area contributed by atoms with Crippen molar-refractivity contribution in [1.82, 2.24) is 5.32 Å². The zero-order valence-electron chi connectivity index (χ0n) is 11.1. The number of carbonyl (C=O) groups excluding carboxylic acids is 2. The number of nitrogens with one attached hydrogen (secondary N) is 1. The number of aromatic hydroxyl groups is 1. The summed E-state index contributed by atoms with van der Waals surface area (Å²) in [6, 6.07) is 4.49. The number of hydrogen-bond acceptors (Lipinski definition) is 3. The van der Waals surface area contributed by atoms with Gasteiger partial charge in [0.2, 0.25) is 11.8 Å². The predicted octanol–water partition coefficient (Wildman–Crippen LogP) is 1.33. The van der Waals surface area contributed by atoms with Crippen LogP contribution in [0.3, 0.4) is 0 Å². The molecule has 0 aliphatic carbocycles. The van der Waals surface area contributed by atoms with Crippen molar-refractivity contribution >= 4 is 17.5 Å². The van der Waals surface area contributed by atoms with Crippen LogP contribution in [0.25, 0.3) is 0 Å². The molecule has 1 aliphatic heterocycles. The van der Waals surface area contributed by atoms with Crippen LogP contribution in [0.15, 0.2) is 18.2 Å². The zero-order chi connectivity index (χ0) is 14.0. The highest BCUT2D eigenvalue weighted by Gasteiger charge is 2.31. The molecule has 19 heavy (non-hydrogen) atoms. The number of aryl methyl sites for hydroxylation is 1. The van der Waals surface area contributed by atoms with Gasteiger partial charge in [-0.05, 0) is 31.9 Å². The van der Waals surface area contributed by atoms with Crippen molar-refractivity contribution in [2.45, 2.75) is 32.7 Å². The molecule has 5 heteroatoms. The van der Waals surface area contributed by atoms with E-state index in [-0.39, 0.29) is 17.6 Å². The Bertz CT molecular complexity index is 513. The molecule has 0 bridgehead atoms. The van der Waals surface area contributed by atoms with Crippen molar-refractivity contribution < 1.29 is 14.7 Å². The van der Waals surface area contributed by atoms with Crippen LogP contribution >= 0.6 is 0 Å².